The fraction of sp³-hybridized carbons (Fsp3) is 0.421. The molecule has 0 aliphatic carbocycles. The molecule has 1 aliphatic heterocycles. The molecule has 3 rings (SSSR count). The van der Waals surface area contributed by atoms with Gasteiger partial charge in [-0.2, -0.15) is 0 Å². The van der Waals surface area contributed by atoms with Crippen LogP contribution in [0.15, 0.2) is 41.6 Å². The van der Waals surface area contributed by atoms with Gasteiger partial charge < -0.3 is 18.9 Å². The summed E-state index contributed by atoms with van der Waals surface area (Å²) >= 11 is 1.37. The predicted octanol–water partition coefficient (Wildman–Crippen LogP) is 2.84. The summed E-state index contributed by atoms with van der Waals surface area (Å²) in [6.45, 7) is 9.36. The first-order valence-electron chi connectivity index (χ1n) is 8.82. The molecule has 7 nitrogen and oxygen atoms in total. The second-order valence-electron chi connectivity index (χ2n) is 6.42. The molecule has 1 aromatic heterocycles. The van der Waals surface area contributed by atoms with E-state index in [0.29, 0.717) is 42.2 Å². The Balaban J connectivity index is 1.64. The van der Waals surface area contributed by atoms with Crippen molar-refractivity contribution in [1.82, 2.24) is 19.7 Å². The molecule has 0 radical (unpaired) electrons. The van der Waals surface area contributed by atoms with E-state index in [9.17, 15) is 4.79 Å². The molecule has 1 unspecified atom stereocenters. The van der Waals surface area contributed by atoms with Crippen LogP contribution in [0.5, 0.6) is 11.5 Å². The van der Waals surface area contributed by atoms with E-state index in [2.05, 4.69) is 16.8 Å². The minimum Gasteiger partial charge on any atom is -0.485 e. The number of benzene rings is 1. The van der Waals surface area contributed by atoms with Gasteiger partial charge in [-0.25, -0.2) is 0 Å². The van der Waals surface area contributed by atoms with Gasteiger partial charge in [-0.1, -0.05) is 36.0 Å². The summed E-state index contributed by atoms with van der Waals surface area (Å²) in [5.41, 5.74) is 0.964. The Morgan fingerprint density at radius 2 is 2.11 bits per heavy atom. The number of thioether (sulfide) groups is 1. The van der Waals surface area contributed by atoms with Crippen molar-refractivity contribution in [3.63, 3.8) is 0 Å². The molecule has 0 saturated carbocycles. The zero-order valence-electron chi connectivity index (χ0n) is 15.8. The van der Waals surface area contributed by atoms with Crippen LogP contribution in [0.3, 0.4) is 0 Å². The molecule has 0 saturated heterocycles. The van der Waals surface area contributed by atoms with Crippen LogP contribution in [-0.2, 0) is 11.8 Å². The van der Waals surface area contributed by atoms with Gasteiger partial charge in [0, 0.05) is 20.1 Å². The zero-order chi connectivity index (χ0) is 19.4. The van der Waals surface area contributed by atoms with Crippen molar-refractivity contribution in [2.45, 2.75) is 25.1 Å². The molecule has 144 valence electrons. The van der Waals surface area contributed by atoms with Crippen LogP contribution in [-0.4, -0.2) is 51.0 Å². The molecular formula is C19H24N4O3S. The largest absolute Gasteiger partial charge is 0.485 e. The number of likely N-dealkylation sites (N-methyl/N-ethyl adjacent to an activating group) is 1. The molecule has 1 amide bonds. The van der Waals surface area contributed by atoms with E-state index in [-0.39, 0.29) is 12.0 Å². The Labute approximate surface area is 163 Å². The maximum absolute atomic E-state index is 12.4. The maximum Gasteiger partial charge on any atom is 0.233 e. The summed E-state index contributed by atoms with van der Waals surface area (Å²) < 4.78 is 13.6. The lowest BCUT2D eigenvalue weighted by Gasteiger charge is -2.25. The van der Waals surface area contributed by atoms with Crippen LogP contribution in [0.2, 0.25) is 0 Å². The van der Waals surface area contributed by atoms with Gasteiger partial charge in [0.1, 0.15) is 6.61 Å². The van der Waals surface area contributed by atoms with Gasteiger partial charge >= 0.3 is 0 Å². The highest BCUT2D eigenvalue weighted by molar-refractivity contribution is 7.99. The Kier molecular flexibility index (Phi) is 6.05. The standard InChI is InChI=1S/C19H24N4O3S/c1-5-23(10-13(2)3)17(24)12-27-19-21-20-18(22(19)4)16-11-25-14-8-6-7-9-15(14)26-16/h6-9,16H,2,5,10-12H2,1,3-4H3. The van der Waals surface area contributed by atoms with Gasteiger partial charge in [0.25, 0.3) is 0 Å². The van der Waals surface area contributed by atoms with E-state index in [0.717, 1.165) is 11.3 Å². The number of nitrogens with zero attached hydrogens (tertiary/aromatic N) is 4. The summed E-state index contributed by atoms with van der Waals surface area (Å²) in [7, 11) is 1.87. The topological polar surface area (TPSA) is 69.5 Å². The quantitative estimate of drug-likeness (QED) is 0.537. The van der Waals surface area contributed by atoms with Crippen LogP contribution in [0.25, 0.3) is 0 Å². The second kappa shape index (κ2) is 8.47. The van der Waals surface area contributed by atoms with Gasteiger partial charge in [-0.3, -0.25) is 4.79 Å². The molecule has 1 aromatic carbocycles. The average molecular weight is 388 g/mol. The highest BCUT2D eigenvalue weighted by Gasteiger charge is 2.27. The van der Waals surface area contributed by atoms with E-state index in [4.69, 9.17) is 9.47 Å². The van der Waals surface area contributed by atoms with Crippen molar-refractivity contribution >= 4 is 17.7 Å². The number of carbonyl (C=O) groups excluding carboxylic acids is 1. The van der Waals surface area contributed by atoms with E-state index >= 15 is 0 Å². The van der Waals surface area contributed by atoms with E-state index in [1.165, 1.54) is 11.8 Å². The summed E-state index contributed by atoms with van der Waals surface area (Å²) in [4.78, 5) is 14.2. The molecular weight excluding hydrogens is 364 g/mol. The van der Waals surface area contributed by atoms with Crippen molar-refractivity contribution in [3.05, 3.63) is 42.2 Å². The lowest BCUT2D eigenvalue weighted by Crippen LogP contribution is -2.33. The highest BCUT2D eigenvalue weighted by Crippen LogP contribution is 2.35. The summed E-state index contributed by atoms with van der Waals surface area (Å²) in [6, 6.07) is 7.55. The normalized spacial score (nSPS) is 15.4. The predicted molar refractivity (Wildman–Crippen MR) is 104 cm³/mol. The molecule has 0 bridgehead atoms. The van der Waals surface area contributed by atoms with Crippen molar-refractivity contribution < 1.29 is 14.3 Å². The van der Waals surface area contributed by atoms with E-state index in [1.807, 2.05) is 49.7 Å². The first-order chi connectivity index (χ1) is 13.0. The number of fused-ring (bicyclic) bond motifs is 1. The van der Waals surface area contributed by atoms with Gasteiger partial charge in [-0.15, -0.1) is 10.2 Å². The summed E-state index contributed by atoms with van der Waals surface area (Å²) in [5, 5.41) is 9.14. The highest BCUT2D eigenvalue weighted by atomic mass is 32.2. The number of hydrogen-bond donors (Lipinski definition) is 0. The molecule has 1 atom stereocenters. The molecule has 1 aliphatic rings. The first kappa shape index (κ1) is 19.3. The van der Waals surface area contributed by atoms with E-state index < -0.39 is 0 Å². The average Bonchev–Trinajstić information content (AvgIpc) is 3.04. The fourth-order valence-corrected chi connectivity index (χ4v) is 3.62. The molecule has 0 spiro atoms. The number of amides is 1. The second-order valence-corrected chi connectivity index (χ2v) is 7.36. The molecule has 2 heterocycles. The third kappa shape index (κ3) is 4.44. The summed E-state index contributed by atoms with van der Waals surface area (Å²) in [5.74, 6) is 2.46. The first-order valence-corrected chi connectivity index (χ1v) is 9.80. The van der Waals surface area contributed by atoms with Crippen molar-refractivity contribution in [2.75, 3.05) is 25.4 Å². The number of ether oxygens (including phenoxy) is 2. The fourth-order valence-electron chi connectivity index (χ4n) is 2.80. The Morgan fingerprint density at radius 1 is 1.37 bits per heavy atom. The number of aromatic nitrogens is 3. The SMILES string of the molecule is C=C(C)CN(CC)C(=O)CSc1nnc(C2COc3ccccc3O2)n1C. The van der Waals surface area contributed by atoms with Crippen LogP contribution in [0.1, 0.15) is 25.8 Å². The molecule has 2 aromatic rings. The van der Waals surface area contributed by atoms with Crippen molar-refractivity contribution in [3.8, 4) is 11.5 Å². The summed E-state index contributed by atoms with van der Waals surface area (Å²) in [6.07, 6.45) is -0.335. The molecule has 0 fully saturated rings. The molecule has 8 heteroatoms. The Morgan fingerprint density at radius 3 is 2.81 bits per heavy atom. The third-order valence-electron chi connectivity index (χ3n) is 4.19. The smallest absolute Gasteiger partial charge is 0.233 e. The number of para-hydroxylation sites is 2. The van der Waals surface area contributed by atoms with Crippen molar-refractivity contribution in [2.24, 2.45) is 7.05 Å². The van der Waals surface area contributed by atoms with Crippen LogP contribution >= 0.6 is 11.8 Å². The molecule has 0 N–H and O–H groups in total. The lowest BCUT2D eigenvalue weighted by atomic mass is 10.2. The van der Waals surface area contributed by atoms with Crippen LogP contribution in [0, 0.1) is 0 Å². The minimum atomic E-state index is -0.335. The van der Waals surface area contributed by atoms with Gasteiger partial charge in [0.2, 0.25) is 5.91 Å². The zero-order valence-corrected chi connectivity index (χ0v) is 16.7. The molecule has 27 heavy (non-hydrogen) atoms. The Hall–Kier alpha value is -2.48. The van der Waals surface area contributed by atoms with Crippen LogP contribution < -0.4 is 9.47 Å². The monoisotopic (exact) mass is 388 g/mol. The third-order valence-corrected chi connectivity index (χ3v) is 5.19. The number of rotatable bonds is 7. The lowest BCUT2D eigenvalue weighted by molar-refractivity contribution is -0.127. The Bertz CT molecular complexity index is 836. The van der Waals surface area contributed by atoms with E-state index in [1.54, 1.807) is 4.90 Å². The van der Waals surface area contributed by atoms with Crippen molar-refractivity contribution in [1.29, 1.82) is 0 Å². The van der Waals surface area contributed by atoms with Gasteiger partial charge in [-0.05, 0) is 26.0 Å². The maximum atomic E-state index is 12.4. The number of hydrogen-bond acceptors (Lipinski definition) is 6. The minimum absolute atomic E-state index is 0.0567. The van der Waals surface area contributed by atoms with Gasteiger partial charge in [0.05, 0.1) is 5.75 Å². The van der Waals surface area contributed by atoms with Gasteiger partial charge in [0.15, 0.2) is 28.6 Å². The van der Waals surface area contributed by atoms with Crippen LogP contribution in [0.4, 0.5) is 0 Å². The number of carbonyl (C=O) groups is 1.